The molecular weight excluding hydrogens is 743 g/mol. The van der Waals surface area contributed by atoms with Gasteiger partial charge in [-0.15, -0.1) is 0 Å². The lowest BCUT2D eigenvalue weighted by Gasteiger charge is -2.22. The van der Waals surface area contributed by atoms with E-state index in [0.29, 0.717) is 25.4 Å². The minimum atomic E-state index is -0.0250. The zero-order chi connectivity index (χ0) is 41.2. The fourth-order valence-corrected chi connectivity index (χ4v) is 7.35. The van der Waals surface area contributed by atoms with Gasteiger partial charge < -0.3 is 30.2 Å². The van der Waals surface area contributed by atoms with Gasteiger partial charge in [-0.05, 0) is 83.8 Å². The normalized spacial score (nSPS) is 11.7. The average Bonchev–Trinajstić information content (AvgIpc) is 3.18. The highest BCUT2D eigenvalue weighted by molar-refractivity contribution is 5.78. The van der Waals surface area contributed by atoms with Gasteiger partial charge in [-0.3, -0.25) is 20.0 Å². The molecule has 0 amide bonds. The summed E-state index contributed by atoms with van der Waals surface area (Å²) in [6, 6.07) is 0. The van der Waals surface area contributed by atoms with Crippen LogP contribution < -0.4 is 11.3 Å². The summed E-state index contributed by atoms with van der Waals surface area (Å²) in [5, 5.41) is 0. The van der Waals surface area contributed by atoms with Crippen molar-refractivity contribution in [2.75, 3.05) is 46.9 Å². The van der Waals surface area contributed by atoms with Crippen LogP contribution in [-0.2, 0) is 19.1 Å². The Kier molecular flexibility index (Phi) is 54.4. The SMILES string of the molecule is C.CCCCCCCCCOC(=O)CCCCCCCN(CCCCCCCC(=O)OC(CCCCCCC)CCCCCCCC)CCCN=C(NN)N(C)C.O.O.[HH]. The van der Waals surface area contributed by atoms with Crippen molar-refractivity contribution in [2.45, 2.75) is 246 Å². The third-order valence-corrected chi connectivity index (χ3v) is 11.0. The number of nitrogens with one attached hydrogen (secondary N) is 1. The number of hydrazine groups is 1. The van der Waals surface area contributed by atoms with Gasteiger partial charge in [-0.25, -0.2) is 5.84 Å². The number of hydrogen-bond donors (Lipinski definition) is 2. The molecule has 0 fully saturated rings. The van der Waals surface area contributed by atoms with E-state index in [1.807, 2.05) is 19.0 Å². The van der Waals surface area contributed by atoms with E-state index in [-0.39, 0.29) is 37.8 Å². The number of aliphatic imine (C=N–C) groups is 1. The summed E-state index contributed by atoms with van der Waals surface area (Å²) in [6.45, 7) is 11.3. The summed E-state index contributed by atoms with van der Waals surface area (Å²) < 4.78 is 11.5. The van der Waals surface area contributed by atoms with Crippen molar-refractivity contribution in [1.29, 1.82) is 0 Å². The number of ether oxygens (including phenoxy) is 2. The number of hydrogen-bond acceptors (Lipinski definition) is 7. The first-order valence-electron chi connectivity index (χ1n) is 24.1. The summed E-state index contributed by atoms with van der Waals surface area (Å²) in [5.74, 6) is 6.33. The third kappa shape index (κ3) is 45.4. The van der Waals surface area contributed by atoms with Crippen molar-refractivity contribution in [3.05, 3.63) is 0 Å². The van der Waals surface area contributed by atoms with E-state index in [4.69, 9.17) is 15.3 Å². The summed E-state index contributed by atoms with van der Waals surface area (Å²) in [7, 11) is 3.89. The average molecular weight is 848 g/mol. The van der Waals surface area contributed by atoms with Crippen molar-refractivity contribution in [3.8, 4) is 0 Å². The van der Waals surface area contributed by atoms with Gasteiger partial charge in [-0.2, -0.15) is 0 Å². The monoisotopic (exact) mass is 848 g/mol. The summed E-state index contributed by atoms with van der Waals surface area (Å²) in [5.41, 5.74) is 2.69. The molecule has 0 rings (SSSR count). The molecule has 0 spiro atoms. The van der Waals surface area contributed by atoms with Crippen LogP contribution in [0.5, 0.6) is 0 Å². The topological polar surface area (TPSA) is 172 Å². The number of carbonyl (C=O) groups excluding carboxylic acids is 2. The Morgan fingerprint density at radius 2 is 0.949 bits per heavy atom. The van der Waals surface area contributed by atoms with Crippen LogP contribution >= 0.6 is 0 Å². The zero-order valence-corrected chi connectivity index (χ0v) is 39.0. The van der Waals surface area contributed by atoms with Crippen LogP contribution in [0, 0.1) is 0 Å². The van der Waals surface area contributed by atoms with Crippen LogP contribution in [0.25, 0.3) is 0 Å². The molecule has 59 heavy (non-hydrogen) atoms. The Morgan fingerprint density at radius 1 is 0.559 bits per heavy atom. The molecule has 0 saturated carbocycles. The van der Waals surface area contributed by atoms with Crippen LogP contribution in [0.1, 0.15) is 242 Å². The number of unbranched alkanes of at least 4 members (excludes halogenated alkanes) is 23. The molecule has 0 aliphatic heterocycles. The molecular formula is C48H105N5O6. The van der Waals surface area contributed by atoms with Crippen LogP contribution in [0.2, 0.25) is 0 Å². The Hall–Kier alpha value is -1.95. The van der Waals surface area contributed by atoms with Gasteiger partial charge in [-0.1, -0.05) is 163 Å². The number of nitrogens with two attached hydrogens (primary N) is 1. The first kappa shape index (κ1) is 63.7. The van der Waals surface area contributed by atoms with E-state index in [2.05, 4.69) is 36.1 Å². The Balaban J connectivity index is -0.00000252. The van der Waals surface area contributed by atoms with E-state index < -0.39 is 0 Å². The fourth-order valence-electron chi connectivity index (χ4n) is 7.35. The maximum atomic E-state index is 12.8. The maximum absolute atomic E-state index is 12.8. The molecule has 358 valence electrons. The second kappa shape index (κ2) is 50.4. The lowest BCUT2D eigenvalue weighted by atomic mass is 10.0. The molecule has 0 bridgehead atoms. The van der Waals surface area contributed by atoms with Gasteiger partial charge in [0, 0.05) is 34.9 Å². The maximum Gasteiger partial charge on any atom is 0.306 e. The molecule has 0 aromatic heterocycles. The number of rotatable bonds is 42. The van der Waals surface area contributed by atoms with Gasteiger partial charge in [0.2, 0.25) is 5.96 Å². The number of esters is 2. The molecule has 0 heterocycles. The van der Waals surface area contributed by atoms with E-state index in [1.54, 1.807) is 0 Å². The minimum absolute atomic E-state index is 0. The first-order valence-corrected chi connectivity index (χ1v) is 24.1. The van der Waals surface area contributed by atoms with Crippen LogP contribution in [-0.4, -0.2) is 91.6 Å². The molecule has 0 radical (unpaired) electrons. The molecule has 11 nitrogen and oxygen atoms in total. The Bertz CT molecular complexity index is 901. The molecule has 1 unspecified atom stereocenters. The quantitative estimate of drug-likeness (QED) is 0.0152. The second-order valence-corrected chi connectivity index (χ2v) is 16.7. The predicted octanol–water partition coefficient (Wildman–Crippen LogP) is 11.3. The highest BCUT2D eigenvalue weighted by atomic mass is 16.5. The van der Waals surface area contributed by atoms with E-state index in [9.17, 15) is 9.59 Å². The number of nitrogens with zero attached hydrogens (tertiary/aromatic N) is 3. The molecule has 0 aliphatic rings. The molecule has 1 atom stereocenters. The van der Waals surface area contributed by atoms with Crippen molar-refractivity contribution in [1.82, 2.24) is 15.2 Å². The predicted molar refractivity (Wildman–Crippen MR) is 256 cm³/mol. The smallest absolute Gasteiger partial charge is 0.306 e. The number of carbonyl (C=O) groups is 2. The van der Waals surface area contributed by atoms with Crippen LogP contribution in [0.15, 0.2) is 4.99 Å². The van der Waals surface area contributed by atoms with Crippen molar-refractivity contribution in [3.63, 3.8) is 0 Å². The van der Waals surface area contributed by atoms with E-state index in [0.717, 1.165) is 77.5 Å². The Morgan fingerprint density at radius 3 is 1.41 bits per heavy atom. The first-order chi connectivity index (χ1) is 27.4. The fraction of sp³-hybridized carbons (Fsp3) is 0.938. The van der Waals surface area contributed by atoms with Gasteiger partial charge in [0.1, 0.15) is 6.10 Å². The van der Waals surface area contributed by atoms with Gasteiger partial charge in [0.15, 0.2) is 0 Å². The van der Waals surface area contributed by atoms with Crippen LogP contribution in [0.3, 0.4) is 0 Å². The highest BCUT2D eigenvalue weighted by Gasteiger charge is 2.14. The summed E-state index contributed by atoms with van der Waals surface area (Å²) in [6.07, 6.45) is 38.1. The lowest BCUT2D eigenvalue weighted by Crippen LogP contribution is -2.40. The molecule has 0 aliphatic carbocycles. The van der Waals surface area contributed by atoms with Crippen molar-refractivity contribution in [2.24, 2.45) is 10.8 Å². The van der Waals surface area contributed by atoms with Crippen LogP contribution in [0.4, 0.5) is 0 Å². The number of guanidine groups is 1. The second-order valence-electron chi connectivity index (χ2n) is 16.7. The van der Waals surface area contributed by atoms with Crippen molar-refractivity contribution < 1.29 is 31.4 Å². The molecule has 0 aromatic rings. The summed E-state index contributed by atoms with van der Waals surface area (Å²) >= 11 is 0. The van der Waals surface area contributed by atoms with Crippen molar-refractivity contribution >= 4 is 17.9 Å². The molecule has 11 heteroatoms. The van der Waals surface area contributed by atoms with E-state index >= 15 is 0 Å². The molecule has 0 saturated heterocycles. The zero-order valence-electron chi connectivity index (χ0n) is 39.0. The van der Waals surface area contributed by atoms with Gasteiger partial charge >= 0.3 is 11.9 Å². The highest BCUT2D eigenvalue weighted by Crippen LogP contribution is 2.18. The van der Waals surface area contributed by atoms with Gasteiger partial charge in [0.05, 0.1) is 6.61 Å². The standard InChI is InChI=1S/C47H95N5O4.CH4.2H2O.H2/c1-6-9-12-15-17-26-33-43-55-45(53)37-29-22-18-24-31-40-52(42-34-39-49-47(50-48)51(4)5)41-32-25-19-23-30-38-46(54)56-44(35-27-20-14-11-8-3)36-28-21-16-13-10-7-2;;;;/h44H,6-43,48H2,1-5H3,(H,49,50);1H4;2*1H2;1H. The van der Waals surface area contributed by atoms with Gasteiger partial charge in [0.25, 0.3) is 0 Å². The lowest BCUT2D eigenvalue weighted by molar-refractivity contribution is -0.150. The molecule has 7 N–H and O–H groups in total. The Labute approximate surface area is 367 Å². The summed E-state index contributed by atoms with van der Waals surface area (Å²) in [4.78, 5) is 34.0. The minimum Gasteiger partial charge on any atom is -0.466 e. The largest absolute Gasteiger partial charge is 0.466 e. The molecule has 0 aromatic carbocycles. The van der Waals surface area contributed by atoms with E-state index in [1.165, 1.54) is 148 Å². The third-order valence-electron chi connectivity index (χ3n) is 11.0.